The lowest BCUT2D eigenvalue weighted by molar-refractivity contribution is -0.178. The van der Waals surface area contributed by atoms with Gasteiger partial charge >= 0.3 is 12.1 Å². The van der Waals surface area contributed by atoms with Crippen LogP contribution in [-0.2, 0) is 30.3 Å². The van der Waals surface area contributed by atoms with Gasteiger partial charge in [-0.05, 0) is 71.7 Å². The van der Waals surface area contributed by atoms with E-state index in [4.69, 9.17) is 22.1 Å². The number of halogens is 1. The second-order valence-electron chi connectivity index (χ2n) is 13.2. The molecule has 2 radical (unpaired) electrons. The Kier molecular flexibility index (Phi) is 11.3. The van der Waals surface area contributed by atoms with E-state index >= 15 is 4.39 Å². The number of hydrogen-bond donors (Lipinski definition) is 1. The van der Waals surface area contributed by atoms with Gasteiger partial charge in [-0.25, -0.2) is 19.0 Å². The van der Waals surface area contributed by atoms with E-state index in [1.807, 2.05) is 25.4 Å². The summed E-state index contributed by atoms with van der Waals surface area (Å²) in [4.78, 5) is 45.8. The first-order chi connectivity index (χ1) is 21.7. The molecule has 2 aromatic rings. The smallest absolute Gasteiger partial charge is 0.410 e. The van der Waals surface area contributed by atoms with Crippen molar-refractivity contribution < 1.29 is 33.0 Å². The third kappa shape index (κ3) is 7.46. The Balaban J connectivity index is 1.56. The number of cyclic esters (lactones) is 1. The van der Waals surface area contributed by atoms with Gasteiger partial charge in [-0.2, -0.15) is 0 Å². The number of ketones is 1. The Morgan fingerprint density at radius 1 is 1.20 bits per heavy atom. The summed E-state index contributed by atoms with van der Waals surface area (Å²) in [6.45, 7) is 11.6. The van der Waals surface area contributed by atoms with Crippen molar-refractivity contribution in [3.63, 3.8) is 0 Å². The number of unbranched alkanes of at least 4 members (excludes halogenated alkanes) is 1. The van der Waals surface area contributed by atoms with E-state index in [1.165, 1.54) is 18.4 Å². The lowest BCUT2D eigenvalue weighted by Crippen LogP contribution is -2.61. The van der Waals surface area contributed by atoms with Crippen molar-refractivity contribution in [2.24, 2.45) is 5.92 Å². The van der Waals surface area contributed by atoms with Crippen LogP contribution in [0, 0.1) is 5.92 Å². The Bertz CT molecular complexity index is 1360. The summed E-state index contributed by atoms with van der Waals surface area (Å²) in [6, 6.07) is -0.885. The predicted octanol–water partition coefficient (Wildman–Crippen LogP) is 4.15. The third-order valence-electron chi connectivity index (χ3n) is 9.53. The first-order valence-corrected chi connectivity index (χ1v) is 16.8. The van der Waals surface area contributed by atoms with Gasteiger partial charge in [0.2, 0.25) is 0 Å². The molecule has 12 nitrogen and oxygen atoms in total. The van der Waals surface area contributed by atoms with Crippen molar-refractivity contribution in [1.29, 1.82) is 0 Å². The molecule has 1 amide bonds. The highest BCUT2D eigenvalue weighted by atomic mass is 32.1. The zero-order chi connectivity index (χ0) is 33.9. The van der Waals surface area contributed by atoms with Crippen molar-refractivity contribution in [2.45, 2.75) is 121 Å². The van der Waals surface area contributed by atoms with Gasteiger partial charge in [0.1, 0.15) is 16.8 Å². The minimum absolute atomic E-state index is 0.0324. The molecule has 2 fully saturated rings. The number of thiazole rings is 1. The van der Waals surface area contributed by atoms with Crippen LogP contribution in [0.15, 0.2) is 17.8 Å². The molecule has 4 rings (SSSR count). The SMILES string of the molecule is [B][C@@H]1CC(=O)[C@](C)(F)C(=O)O[C@H](CC)[C@@]2(C)OC(=O)N(CCCCn3cc(-c4nccs4)nn3)[C@@H]2[C@@H](C)NC[C@H](C)C[C@@]1(C)OC. The number of carbonyl (C=O) groups excluding carboxylic acids is 3. The number of hydrogen-bond acceptors (Lipinski definition) is 11. The Morgan fingerprint density at radius 2 is 1.91 bits per heavy atom. The number of aryl methyl sites for hydroxylation is 1. The summed E-state index contributed by atoms with van der Waals surface area (Å²) >= 11 is 1.49. The lowest BCUT2D eigenvalue weighted by atomic mass is 9.67. The van der Waals surface area contributed by atoms with E-state index in [2.05, 4.69) is 20.6 Å². The number of nitrogens with one attached hydrogen (secondary N) is 1. The number of ether oxygens (including phenoxy) is 3. The van der Waals surface area contributed by atoms with Crippen LogP contribution in [0.4, 0.5) is 9.18 Å². The van der Waals surface area contributed by atoms with E-state index in [9.17, 15) is 14.4 Å². The van der Waals surface area contributed by atoms with Gasteiger partial charge < -0.3 is 19.5 Å². The Labute approximate surface area is 275 Å². The van der Waals surface area contributed by atoms with Crippen LogP contribution < -0.4 is 5.32 Å². The van der Waals surface area contributed by atoms with Crippen molar-refractivity contribution >= 4 is 37.0 Å². The molecule has 0 unspecified atom stereocenters. The van der Waals surface area contributed by atoms with Crippen LogP contribution in [-0.4, -0.2) is 106 Å². The topological polar surface area (TPSA) is 138 Å². The highest BCUT2D eigenvalue weighted by Gasteiger charge is 2.59. The van der Waals surface area contributed by atoms with E-state index in [1.54, 1.807) is 36.5 Å². The van der Waals surface area contributed by atoms with Crippen molar-refractivity contribution in [3.8, 4) is 10.7 Å². The average Bonchev–Trinajstić information content (AvgIpc) is 3.76. The molecule has 252 valence electrons. The zero-order valence-corrected chi connectivity index (χ0v) is 28.6. The zero-order valence-electron chi connectivity index (χ0n) is 27.8. The maximum Gasteiger partial charge on any atom is 0.410 e. The number of fused-ring (bicyclic) bond motifs is 1. The van der Waals surface area contributed by atoms with Gasteiger partial charge in [0, 0.05) is 44.2 Å². The average molecular weight is 661 g/mol. The first kappa shape index (κ1) is 35.9. The van der Waals surface area contributed by atoms with Gasteiger partial charge in [0.05, 0.1) is 25.7 Å². The second kappa shape index (κ2) is 14.5. The number of methoxy groups -OCH3 is 1. The third-order valence-corrected chi connectivity index (χ3v) is 10.3. The number of amides is 1. The molecule has 2 aliphatic rings. The van der Waals surface area contributed by atoms with Crippen LogP contribution in [0.2, 0.25) is 5.82 Å². The fourth-order valence-corrected chi connectivity index (χ4v) is 7.20. The molecule has 1 N–H and O–H groups in total. The van der Waals surface area contributed by atoms with Crippen LogP contribution in [0.5, 0.6) is 0 Å². The predicted molar refractivity (Wildman–Crippen MR) is 171 cm³/mol. The number of Topliss-reactive ketones (excluding diaryl/α,β-unsaturated/α-hetero) is 1. The van der Waals surface area contributed by atoms with Crippen LogP contribution in [0.1, 0.15) is 73.6 Å². The summed E-state index contributed by atoms with van der Waals surface area (Å²) in [5.74, 6) is -3.15. The molecule has 0 spiro atoms. The minimum Gasteiger partial charge on any atom is -0.455 e. The normalized spacial score (nSPS) is 34.8. The summed E-state index contributed by atoms with van der Waals surface area (Å²) in [6.07, 6.45) is 3.61. The summed E-state index contributed by atoms with van der Waals surface area (Å²) in [5, 5.41) is 14.6. The molecule has 4 heterocycles. The molecule has 2 aliphatic heterocycles. The molecular weight excluding hydrogens is 614 g/mol. The Hall–Kier alpha value is -2.91. The van der Waals surface area contributed by atoms with Gasteiger partial charge in [0.25, 0.3) is 5.67 Å². The maximum absolute atomic E-state index is 15.9. The second-order valence-corrected chi connectivity index (χ2v) is 14.1. The number of nitrogens with zero attached hydrogens (tertiary/aromatic N) is 5. The number of esters is 1. The van der Waals surface area contributed by atoms with Gasteiger partial charge in [-0.3, -0.25) is 14.4 Å². The van der Waals surface area contributed by atoms with Crippen molar-refractivity contribution in [1.82, 2.24) is 30.2 Å². The van der Waals surface area contributed by atoms with E-state index in [-0.39, 0.29) is 18.4 Å². The van der Waals surface area contributed by atoms with Crippen molar-refractivity contribution in [3.05, 3.63) is 17.8 Å². The monoisotopic (exact) mass is 660 g/mol. The standard InChI is InChI=1S/C31H46BFN6O6S/c1-8-24-31(6)25(39(28(42)45-31)13-10-9-12-38-18-21(36-37-38)26-34-11-14-46-26)20(3)35-17-19(2)16-29(4,43-7)22(32)15-23(40)30(5,33)27(41)44-24/h11,14,18-20,22,24-25,35H,8-10,12-13,15-17H2,1-7H3/t19-,20-,22-,24-,25-,29-,30+,31-/m1/s1. The molecule has 2 aromatic heterocycles. The minimum atomic E-state index is -2.95. The summed E-state index contributed by atoms with van der Waals surface area (Å²) in [7, 11) is 7.90. The molecular formula is C31H46BFN6O6S. The highest BCUT2D eigenvalue weighted by Crippen LogP contribution is 2.40. The molecule has 2 saturated heterocycles. The molecule has 46 heavy (non-hydrogen) atoms. The number of carbonyl (C=O) groups is 3. The number of aromatic nitrogens is 4. The quantitative estimate of drug-likeness (QED) is 0.190. The molecule has 15 heteroatoms. The lowest BCUT2D eigenvalue weighted by Gasteiger charge is -2.41. The molecule has 0 aromatic carbocycles. The largest absolute Gasteiger partial charge is 0.455 e. The van der Waals surface area contributed by atoms with E-state index in [0.29, 0.717) is 44.6 Å². The van der Waals surface area contributed by atoms with Gasteiger partial charge in [-0.15, -0.1) is 16.4 Å². The molecule has 0 bridgehead atoms. The van der Waals surface area contributed by atoms with E-state index in [0.717, 1.165) is 11.9 Å². The van der Waals surface area contributed by atoms with Gasteiger partial charge in [0.15, 0.2) is 11.4 Å². The molecule has 0 aliphatic carbocycles. The van der Waals surface area contributed by atoms with Crippen LogP contribution in [0.25, 0.3) is 10.7 Å². The van der Waals surface area contributed by atoms with Crippen molar-refractivity contribution in [2.75, 3.05) is 20.2 Å². The fourth-order valence-electron chi connectivity index (χ4n) is 6.61. The van der Waals surface area contributed by atoms with E-state index < -0.39 is 59.1 Å². The van der Waals surface area contributed by atoms with Crippen LogP contribution >= 0.6 is 11.3 Å². The number of rotatable bonds is 8. The van der Waals surface area contributed by atoms with Crippen LogP contribution in [0.3, 0.4) is 0 Å². The molecule has 0 saturated carbocycles. The summed E-state index contributed by atoms with van der Waals surface area (Å²) in [5.41, 5.74) is -4.53. The maximum atomic E-state index is 15.9. The van der Waals surface area contributed by atoms with Gasteiger partial charge in [-0.1, -0.05) is 19.1 Å². The summed E-state index contributed by atoms with van der Waals surface area (Å²) < 4.78 is 35.1. The highest BCUT2D eigenvalue weighted by molar-refractivity contribution is 7.13. The first-order valence-electron chi connectivity index (χ1n) is 15.9. The fraction of sp³-hybridized carbons (Fsp3) is 0.742. The Morgan fingerprint density at radius 3 is 2.57 bits per heavy atom. The molecule has 8 atom stereocenters. The number of alkyl halides is 1.